The summed E-state index contributed by atoms with van der Waals surface area (Å²) in [5.41, 5.74) is 7.21. The Hall–Kier alpha value is -2.74. The molecule has 0 fully saturated rings. The molecule has 1 aliphatic rings. The number of rotatable bonds is 2. The molecule has 2 nitrogen and oxygen atoms in total. The van der Waals surface area contributed by atoms with Crippen LogP contribution in [0.25, 0.3) is 32.9 Å². The molecule has 0 spiro atoms. The lowest BCUT2D eigenvalue weighted by atomic mass is 9.68. The highest BCUT2D eigenvalue weighted by atomic mass is 14.8. The smallest absolute Gasteiger partial charge is 0.0802 e. The van der Waals surface area contributed by atoms with Gasteiger partial charge in [-0.05, 0) is 46.4 Å². The number of benzene rings is 2. The van der Waals surface area contributed by atoms with Gasteiger partial charge in [-0.1, -0.05) is 64.1 Å². The van der Waals surface area contributed by atoms with Gasteiger partial charge >= 0.3 is 0 Å². The summed E-state index contributed by atoms with van der Waals surface area (Å²) < 4.78 is 0. The molecule has 0 aliphatic heterocycles. The van der Waals surface area contributed by atoms with E-state index in [-0.39, 0.29) is 5.41 Å². The molecule has 4 aromatic rings. The number of pyridine rings is 2. The van der Waals surface area contributed by atoms with Crippen molar-refractivity contribution in [1.82, 2.24) is 9.97 Å². The van der Waals surface area contributed by atoms with Crippen molar-refractivity contribution in [2.24, 2.45) is 5.92 Å². The molecule has 0 radical (unpaired) electrons. The molecule has 2 heterocycles. The van der Waals surface area contributed by atoms with Gasteiger partial charge in [-0.25, -0.2) is 0 Å². The summed E-state index contributed by atoms with van der Waals surface area (Å²) in [6.45, 7) is 9.21. The highest BCUT2D eigenvalue weighted by Gasteiger charge is 2.36. The molecule has 2 heteroatoms. The topological polar surface area (TPSA) is 25.8 Å². The number of hydrogen-bond acceptors (Lipinski definition) is 2. The van der Waals surface area contributed by atoms with Crippen LogP contribution in [0.3, 0.4) is 0 Å². The summed E-state index contributed by atoms with van der Waals surface area (Å²) in [4.78, 5) is 9.78. The van der Waals surface area contributed by atoms with E-state index in [1.807, 2.05) is 6.20 Å². The molecule has 0 atom stereocenters. The van der Waals surface area contributed by atoms with Crippen molar-refractivity contribution in [3.63, 3.8) is 0 Å². The van der Waals surface area contributed by atoms with Gasteiger partial charge in [0.05, 0.1) is 11.2 Å². The summed E-state index contributed by atoms with van der Waals surface area (Å²) in [5.74, 6) is 0.586. The van der Waals surface area contributed by atoms with Gasteiger partial charge in [0.1, 0.15) is 0 Å². The zero-order valence-corrected chi connectivity index (χ0v) is 16.4. The molecule has 1 aliphatic carbocycles. The second-order valence-electron chi connectivity index (χ2n) is 8.65. The number of hydrogen-bond donors (Lipinski definition) is 0. The van der Waals surface area contributed by atoms with Crippen molar-refractivity contribution in [3.8, 4) is 11.3 Å². The molecule has 5 rings (SSSR count). The molecule has 0 unspecified atom stereocenters. The fourth-order valence-electron chi connectivity index (χ4n) is 4.73. The Morgan fingerprint density at radius 2 is 1.81 bits per heavy atom. The normalized spacial score (nSPS) is 14.7. The Morgan fingerprint density at radius 3 is 2.63 bits per heavy atom. The Bertz CT molecular complexity index is 1200. The molecule has 0 bridgehead atoms. The molecule has 134 valence electrons. The Balaban J connectivity index is 1.93. The van der Waals surface area contributed by atoms with Gasteiger partial charge in [0.25, 0.3) is 0 Å². The first kappa shape index (κ1) is 16.4. The van der Waals surface area contributed by atoms with Crippen LogP contribution in [-0.4, -0.2) is 9.97 Å². The van der Waals surface area contributed by atoms with E-state index in [0.29, 0.717) is 5.92 Å². The lowest BCUT2D eigenvalue weighted by Gasteiger charge is -2.35. The van der Waals surface area contributed by atoms with Crippen molar-refractivity contribution in [2.45, 2.75) is 39.5 Å². The van der Waals surface area contributed by atoms with Gasteiger partial charge < -0.3 is 0 Å². The number of fused-ring (bicyclic) bond motifs is 4. The van der Waals surface area contributed by atoms with E-state index in [9.17, 15) is 0 Å². The monoisotopic (exact) mass is 352 g/mol. The molecule has 0 saturated heterocycles. The molecule has 2 aromatic heterocycles. The summed E-state index contributed by atoms with van der Waals surface area (Å²) in [7, 11) is 0. The molecule has 0 amide bonds. The van der Waals surface area contributed by atoms with E-state index in [0.717, 1.165) is 17.6 Å². The van der Waals surface area contributed by atoms with Gasteiger partial charge in [0, 0.05) is 28.3 Å². The van der Waals surface area contributed by atoms with E-state index in [2.05, 4.69) is 76.2 Å². The fourth-order valence-corrected chi connectivity index (χ4v) is 4.73. The van der Waals surface area contributed by atoms with E-state index in [1.165, 1.54) is 38.5 Å². The van der Waals surface area contributed by atoms with Crippen LogP contribution in [0.4, 0.5) is 0 Å². The minimum atomic E-state index is -0.0981. The van der Waals surface area contributed by atoms with E-state index in [4.69, 9.17) is 9.97 Å². The van der Waals surface area contributed by atoms with Gasteiger partial charge in [-0.15, -0.1) is 0 Å². The third-order valence-electron chi connectivity index (χ3n) is 5.87. The molecule has 0 saturated carbocycles. The number of nitrogens with zero attached hydrogens (tertiary/aromatic N) is 2. The molecule has 27 heavy (non-hydrogen) atoms. The highest BCUT2D eigenvalue weighted by Crippen LogP contribution is 2.49. The van der Waals surface area contributed by atoms with Crippen LogP contribution >= 0.6 is 0 Å². The summed E-state index contributed by atoms with van der Waals surface area (Å²) >= 11 is 0. The molecule has 0 N–H and O–H groups in total. The van der Waals surface area contributed by atoms with Crippen LogP contribution in [0.2, 0.25) is 0 Å². The zero-order valence-electron chi connectivity index (χ0n) is 16.4. The van der Waals surface area contributed by atoms with Gasteiger partial charge in [0.2, 0.25) is 0 Å². The van der Waals surface area contributed by atoms with E-state index >= 15 is 0 Å². The maximum Gasteiger partial charge on any atom is 0.0802 e. The van der Waals surface area contributed by atoms with Crippen LogP contribution in [-0.2, 0) is 11.8 Å². The number of aromatic nitrogens is 2. The second-order valence-corrected chi connectivity index (χ2v) is 8.65. The lowest BCUT2D eigenvalue weighted by Crippen LogP contribution is -2.25. The van der Waals surface area contributed by atoms with E-state index < -0.39 is 0 Å². The third-order valence-corrected chi connectivity index (χ3v) is 5.87. The van der Waals surface area contributed by atoms with Gasteiger partial charge in [-0.3, -0.25) is 9.97 Å². The average molecular weight is 352 g/mol. The van der Waals surface area contributed by atoms with Crippen LogP contribution in [0.1, 0.15) is 44.5 Å². The predicted octanol–water partition coefficient (Wildman–Crippen LogP) is 6.29. The van der Waals surface area contributed by atoms with Crippen molar-refractivity contribution in [1.29, 1.82) is 0 Å². The molecular formula is C25H24N2. The zero-order chi connectivity index (χ0) is 18.8. The summed E-state index contributed by atoms with van der Waals surface area (Å²) in [6.07, 6.45) is 2.91. The Kier molecular flexibility index (Phi) is 3.42. The summed E-state index contributed by atoms with van der Waals surface area (Å²) in [5, 5.41) is 3.83. The first-order valence-corrected chi connectivity index (χ1v) is 9.78. The average Bonchev–Trinajstić information content (AvgIpc) is 2.64. The Morgan fingerprint density at radius 1 is 1.00 bits per heavy atom. The van der Waals surface area contributed by atoms with Crippen LogP contribution in [0.5, 0.6) is 0 Å². The quantitative estimate of drug-likeness (QED) is 0.424. The maximum absolute atomic E-state index is 4.98. The SMILES string of the molecule is CC(C)Cc1cc2c3c(nccc3n1)-c1ccc3ccccc3c1C2(C)C. The summed E-state index contributed by atoms with van der Waals surface area (Å²) in [6, 6.07) is 17.6. The van der Waals surface area contributed by atoms with Crippen LogP contribution < -0.4 is 0 Å². The van der Waals surface area contributed by atoms with Crippen molar-refractivity contribution in [2.75, 3.05) is 0 Å². The predicted molar refractivity (Wildman–Crippen MR) is 113 cm³/mol. The van der Waals surface area contributed by atoms with Gasteiger partial charge in [-0.2, -0.15) is 0 Å². The van der Waals surface area contributed by atoms with Crippen LogP contribution in [0.15, 0.2) is 54.7 Å². The second kappa shape index (κ2) is 5.63. The standard InChI is InChI=1S/C25H24N2/c1-15(2)13-17-14-20-22-21(27-17)11-12-26-24(22)19-10-9-16-7-5-6-8-18(16)23(19)25(20,3)4/h5-12,14-15H,13H2,1-4H3. The maximum atomic E-state index is 4.98. The van der Waals surface area contributed by atoms with Crippen LogP contribution in [0, 0.1) is 5.92 Å². The van der Waals surface area contributed by atoms with Crippen molar-refractivity contribution < 1.29 is 0 Å². The first-order chi connectivity index (χ1) is 13.0. The van der Waals surface area contributed by atoms with E-state index in [1.54, 1.807) is 0 Å². The first-order valence-electron chi connectivity index (χ1n) is 9.78. The van der Waals surface area contributed by atoms with Crippen molar-refractivity contribution >= 4 is 21.7 Å². The molecule has 2 aromatic carbocycles. The molecular weight excluding hydrogens is 328 g/mol. The minimum absolute atomic E-state index is 0.0981. The third kappa shape index (κ3) is 2.32. The minimum Gasteiger partial charge on any atom is -0.255 e. The highest BCUT2D eigenvalue weighted by molar-refractivity contribution is 6.04. The van der Waals surface area contributed by atoms with Gasteiger partial charge in [0.15, 0.2) is 0 Å². The largest absolute Gasteiger partial charge is 0.255 e. The van der Waals surface area contributed by atoms with Crippen molar-refractivity contribution in [3.05, 3.63) is 71.5 Å². The Labute approximate surface area is 160 Å². The lowest BCUT2D eigenvalue weighted by molar-refractivity contribution is 0.624. The fraction of sp³-hybridized carbons (Fsp3) is 0.280.